The number of amides is 1. The predicted molar refractivity (Wildman–Crippen MR) is 99.2 cm³/mol. The minimum Gasteiger partial charge on any atom is -0.484 e. The van der Waals surface area contributed by atoms with Gasteiger partial charge >= 0.3 is 0 Å². The van der Waals surface area contributed by atoms with Crippen LogP contribution in [0.25, 0.3) is 0 Å². The maximum atomic E-state index is 11.9. The smallest absolute Gasteiger partial charge is 0.277 e. The topological polar surface area (TPSA) is 83.7 Å². The third-order valence-corrected chi connectivity index (χ3v) is 3.63. The van der Waals surface area contributed by atoms with E-state index in [-0.39, 0.29) is 19.1 Å². The first-order valence-electron chi connectivity index (χ1n) is 8.27. The second kappa shape index (κ2) is 9.84. The van der Waals surface area contributed by atoms with E-state index in [1.54, 1.807) is 19.1 Å². The van der Waals surface area contributed by atoms with Crippen molar-refractivity contribution in [1.29, 1.82) is 5.26 Å². The minimum absolute atomic E-state index is 0.00362. The Balaban J connectivity index is 1.83. The number of carbonyl (C=O) groups is 1. The Bertz CT molecular complexity index is 791. The molecule has 26 heavy (non-hydrogen) atoms. The number of aryl methyl sites for hydroxylation is 1. The van der Waals surface area contributed by atoms with Crippen LogP contribution < -0.4 is 14.9 Å². The Morgan fingerprint density at radius 1 is 1.08 bits per heavy atom. The zero-order chi connectivity index (χ0) is 18.8. The van der Waals surface area contributed by atoms with Crippen LogP contribution in [0.4, 0.5) is 0 Å². The molecule has 0 aliphatic carbocycles. The standard InChI is InChI=1S/C20H21N3O3/c1-3-16-4-8-19(9-5-16)26-14-20(24)23-22-15(2)17-6-10-18(11-7-17)25-13-12-21/h4-11H,3,13-14H2,1-2H3,(H,23,24)/b22-15-. The molecule has 0 saturated heterocycles. The van der Waals surface area contributed by atoms with Crippen molar-refractivity contribution in [1.82, 2.24) is 5.43 Å². The van der Waals surface area contributed by atoms with Crippen LogP contribution in [0.3, 0.4) is 0 Å². The number of nitriles is 1. The number of nitrogens with one attached hydrogen (secondary N) is 1. The first-order chi connectivity index (χ1) is 12.6. The lowest BCUT2D eigenvalue weighted by Gasteiger charge is -2.07. The van der Waals surface area contributed by atoms with Gasteiger partial charge < -0.3 is 9.47 Å². The number of rotatable bonds is 8. The van der Waals surface area contributed by atoms with E-state index in [0.717, 1.165) is 12.0 Å². The maximum Gasteiger partial charge on any atom is 0.277 e. The van der Waals surface area contributed by atoms with Crippen molar-refractivity contribution in [2.75, 3.05) is 13.2 Å². The van der Waals surface area contributed by atoms with Crippen LogP contribution in [0.15, 0.2) is 53.6 Å². The van der Waals surface area contributed by atoms with Gasteiger partial charge in [0.05, 0.1) is 5.71 Å². The highest BCUT2D eigenvalue weighted by atomic mass is 16.5. The highest BCUT2D eigenvalue weighted by Crippen LogP contribution is 2.13. The average molecular weight is 351 g/mol. The molecule has 0 aliphatic heterocycles. The van der Waals surface area contributed by atoms with Crippen molar-refractivity contribution in [2.24, 2.45) is 5.10 Å². The summed E-state index contributed by atoms with van der Waals surface area (Å²) in [6.45, 7) is 3.76. The number of carbonyl (C=O) groups excluding carboxylic acids is 1. The van der Waals surface area contributed by atoms with E-state index in [1.165, 1.54) is 5.56 Å². The molecule has 6 nitrogen and oxygen atoms in total. The van der Waals surface area contributed by atoms with E-state index < -0.39 is 0 Å². The maximum absolute atomic E-state index is 11.9. The summed E-state index contributed by atoms with van der Waals surface area (Å²) < 4.78 is 10.6. The molecule has 0 fully saturated rings. The third kappa shape index (κ3) is 5.95. The van der Waals surface area contributed by atoms with Crippen LogP contribution in [0.1, 0.15) is 25.0 Å². The van der Waals surface area contributed by atoms with Crippen molar-refractivity contribution in [3.63, 3.8) is 0 Å². The van der Waals surface area contributed by atoms with Crippen molar-refractivity contribution >= 4 is 11.6 Å². The van der Waals surface area contributed by atoms with Crippen LogP contribution >= 0.6 is 0 Å². The molecule has 0 aromatic heterocycles. The van der Waals surface area contributed by atoms with Crippen molar-refractivity contribution in [3.05, 3.63) is 59.7 Å². The summed E-state index contributed by atoms with van der Waals surface area (Å²) in [5.74, 6) is 0.915. The van der Waals surface area contributed by atoms with E-state index in [9.17, 15) is 4.79 Å². The van der Waals surface area contributed by atoms with Gasteiger partial charge in [-0.25, -0.2) is 5.43 Å². The second-order valence-electron chi connectivity index (χ2n) is 5.49. The number of hydrogen-bond donors (Lipinski definition) is 1. The first kappa shape index (κ1) is 19.0. The summed E-state index contributed by atoms with van der Waals surface area (Å²) in [6, 6.07) is 16.7. The molecular weight excluding hydrogens is 330 g/mol. The van der Waals surface area contributed by atoms with Gasteiger partial charge in [-0.2, -0.15) is 10.4 Å². The first-order valence-corrected chi connectivity index (χ1v) is 8.27. The summed E-state index contributed by atoms with van der Waals surface area (Å²) in [4.78, 5) is 11.9. The van der Waals surface area contributed by atoms with Crippen molar-refractivity contribution < 1.29 is 14.3 Å². The highest BCUT2D eigenvalue weighted by Gasteiger charge is 2.04. The van der Waals surface area contributed by atoms with Crippen LogP contribution in [0.5, 0.6) is 11.5 Å². The minimum atomic E-state index is -0.335. The zero-order valence-corrected chi connectivity index (χ0v) is 14.9. The third-order valence-electron chi connectivity index (χ3n) is 3.63. The lowest BCUT2D eigenvalue weighted by atomic mass is 10.1. The number of ether oxygens (including phenoxy) is 2. The molecule has 0 radical (unpaired) electrons. The largest absolute Gasteiger partial charge is 0.484 e. The predicted octanol–water partition coefficient (Wildman–Crippen LogP) is 3.07. The average Bonchev–Trinajstić information content (AvgIpc) is 2.69. The SMILES string of the molecule is CCc1ccc(OCC(=O)N/N=C(/C)c2ccc(OCC#N)cc2)cc1. The molecule has 0 aliphatic rings. The number of hydrazone groups is 1. The van der Waals surface area contributed by atoms with Crippen molar-refractivity contribution in [3.8, 4) is 17.6 Å². The molecule has 6 heteroatoms. The van der Waals surface area contributed by atoms with Crippen LogP contribution in [0, 0.1) is 11.3 Å². The quantitative estimate of drug-likeness (QED) is 0.585. The summed E-state index contributed by atoms with van der Waals surface area (Å²) >= 11 is 0. The number of benzene rings is 2. The Morgan fingerprint density at radius 2 is 1.69 bits per heavy atom. The summed E-state index contributed by atoms with van der Waals surface area (Å²) in [7, 11) is 0. The molecule has 0 saturated carbocycles. The molecule has 1 amide bonds. The van der Waals surface area contributed by atoms with Crippen LogP contribution in [-0.2, 0) is 11.2 Å². The number of hydrogen-bond acceptors (Lipinski definition) is 5. The van der Waals surface area contributed by atoms with E-state index in [0.29, 0.717) is 17.2 Å². The molecule has 0 unspecified atom stereocenters. The van der Waals surface area contributed by atoms with Gasteiger partial charge in [-0.1, -0.05) is 19.1 Å². The van der Waals surface area contributed by atoms with Gasteiger partial charge in [-0.3, -0.25) is 4.79 Å². The molecule has 0 spiro atoms. The second-order valence-corrected chi connectivity index (χ2v) is 5.49. The summed E-state index contributed by atoms with van der Waals surface area (Å²) in [6.07, 6.45) is 0.959. The molecule has 0 bridgehead atoms. The van der Waals surface area contributed by atoms with Gasteiger partial charge in [0.15, 0.2) is 13.2 Å². The van der Waals surface area contributed by atoms with E-state index in [4.69, 9.17) is 14.7 Å². The van der Waals surface area contributed by atoms with Gasteiger partial charge in [0, 0.05) is 0 Å². The molecule has 2 rings (SSSR count). The van der Waals surface area contributed by atoms with E-state index in [1.807, 2.05) is 42.5 Å². The fourth-order valence-electron chi connectivity index (χ4n) is 2.12. The Labute approximate surface area is 153 Å². The van der Waals surface area contributed by atoms with Gasteiger partial charge in [-0.05, 0) is 60.9 Å². The van der Waals surface area contributed by atoms with E-state index >= 15 is 0 Å². The normalized spacial score (nSPS) is 10.7. The van der Waals surface area contributed by atoms with Crippen LogP contribution in [-0.4, -0.2) is 24.8 Å². The van der Waals surface area contributed by atoms with Gasteiger partial charge in [0.2, 0.25) is 0 Å². The Morgan fingerprint density at radius 3 is 2.31 bits per heavy atom. The van der Waals surface area contributed by atoms with Gasteiger partial charge in [0.25, 0.3) is 5.91 Å². The Kier molecular flexibility index (Phi) is 7.19. The summed E-state index contributed by atoms with van der Waals surface area (Å²) in [5.41, 5.74) is 5.18. The fourth-order valence-corrected chi connectivity index (χ4v) is 2.12. The molecule has 0 heterocycles. The van der Waals surface area contributed by atoms with E-state index in [2.05, 4.69) is 17.5 Å². The highest BCUT2D eigenvalue weighted by molar-refractivity contribution is 5.99. The lowest BCUT2D eigenvalue weighted by molar-refractivity contribution is -0.123. The zero-order valence-electron chi connectivity index (χ0n) is 14.9. The van der Waals surface area contributed by atoms with Gasteiger partial charge in [0.1, 0.15) is 17.6 Å². The fraction of sp³-hybridized carbons (Fsp3) is 0.250. The Hall–Kier alpha value is -3.33. The molecular formula is C20H21N3O3. The summed E-state index contributed by atoms with van der Waals surface area (Å²) in [5, 5.41) is 12.6. The van der Waals surface area contributed by atoms with Gasteiger partial charge in [-0.15, -0.1) is 0 Å². The number of nitrogens with zero attached hydrogens (tertiary/aromatic N) is 2. The lowest BCUT2D eigenvalue weighted by Crippen LogP contribution is -2.25. The monoisotopic (exact) mass is 351 g/mol. The molecule has 1 N–H and O–H groups in total. The molecule has 0 atom stereocenters. The molecule has 2 aromatic rings. The molecule has 134 valence electrons. The van der Waals surface area contributed by atoms with Crippen LogP contribution in [0.2, 0.25) is 0 Å². The van der Waals surface area contributed by atoms with Crippen molar-refractivity contribution in [2.45, 2.75) is 20.3 Å². The molecule has 2 aromatic carbocycles.